The molecule has 0 bridgehead atoms. The van der Waals surface area contributed by atoms with Crippen molar-refractivity contribution in [2.45, 2.75) is 16.8 Å². The van der Waals surface area contributed by atoms with E-state index < -0.39 is 5.97 Å². The predicted octanol–water partition coefficient (Wildman–Crippen LogP) is 4.80. The van der Waals surface area contributed by atoms with Crippen LogP contribution in [-0.4, -0.2) is 29.0 Å². The van der Waals surface area contributed by atoms with Crippen molar-refractivity contribution >= 4 is 56.0 Å². The van der Waals surface area contributed by atoms with Gasteiger partial charge in [-0.05, 0) is 43.3 Å². The number of aryl methyl sites for hydroxylation is 1. The molecule has 0 saturated carbocycles. The molecule has 0 aliphatic rings. The number of amides is 1. The van der Waals surface area contributed by atoms with E-state index in [4.69, 9.17) is 4.74 Å². The summed E-state index contributed by atoms with van der Waals surface area (Å²) in [6, 6.07) is 11.1. The van der Waals surface area contributed by atoms with Gasteiger partial charge in [0.15, 0.2) is 5.13 Å². The zero-order chi connectivity index (χ0) is 19.4. The Balaban J connectivity index is 1.81. The van der Waals surface area contributed by atoms with Gasteiger partial charge in [-0.1, -0.05) is 39.0 Å². The number of ether oxygens (including phenoxy) is 1. The number of aromatic nitrogens is 2. The lowest BCUT2D eigenvalue weighted by atomic mass is 10.3. The second kappa shape index (κ2) is 8.64. The number of carbonyl (C=O) groups is 2. The van der Waals surface area contributed by atoms with Crippen molar-refractivity contribution in [2.24, 2.45) is 0 Å². The summed E-state index contributed by atoms with van der Waals surface area (Å²) < 4.78 is 5.69. The number of anilines is 1. The number of pyridine rings is 1. The van der Waals surface area contributed by atoms with E-state index in [1.165, 1.54) is 18.9 Å². The van der Waals surface area contributed by atoms with Gasteiger partial charge in [0.05, 0.1) is 18.4 Å². The summed E-state index contributed by atoms with van der Waals surface area (Å²) in [4.78, 5) is 34.3. The highest BCUT2D eigenvalue weighted by atomic mass is 79.9. The van der Waals surface area contributed by atoms with Crippen molar-refractivity contribution in [3.8, 4) is 0 Å². The molecule has 3 aromatic rings. The fraction of sp³-hybridized carbons (Fsp3) is 0.111. The van der Waals surface area contributed by atoms with Gasteiger partial charge in [-0.3, -0.25) is 10.1 Å². The number of halogens is 1. The summed E-state index contributed by atoms with van der Waals surface area (Å²) >= 11 is 5.87. The molecule has 1 amide bonds. The fourth-order valence-electron chi connectivity index (χ4n) is 2.16. The number of hydrogen-bond donors (Lipinski definition) is 1. The Kier molecular flexibility index (Phi) is 6.25. The van der Waals surface area contributed by atoms with Crippen LogP contribution in [0.3, 0.4) is 0 Å². The number of hydrogen-bond acceptors (Lipinski definition) is 7. The Morgan fingerprint density at radius 2 is 1.96 bits per heavy atom. The van der Waals surface area contributed by atoms with E-state index in [0.29, 0.717) is 26.3 Å². The van der Waals surface area contributed by atoms with Gasteiger partial charge >= 0.3 is 5.97 Å². The minimum absolute atomic E-state index is 0.335. The lowest BCUT2D eigenvalue weighted by molar-refractivity contribution is 0.0605. The minimum Gasteiger partial charge on any atom is -0.465 e. The number of rotatable bonds is 5. The summed E-state index contributed by atoms with van der Waals surface area (Å²) in [5.74, 6) is -0.814. The SMILES string of the molecule is COC(=O)c1sc(NC(=O)c2cccnc2Sc2ccc(Br)cc2)nc1C. The Hall–Kier alpha value is -2.23. The third-order valence-corrected chi connectivity index (χ3v) is 6.04. The molecule has 0 atom stereocenters. The van der Waals surface area contributed by atoms with Gasteiger partial charge < -0.3 is 4.74 Å². The number of methoxy groups -OCH3 is 1. The molecule has 138 valence electrons. The van der Waals surface area contributed by atoms with Crippen LogP contribution < -0.4 is 5.32 Å². The summed E-state index contributed by atoms with van der Waals surface area (Å²) in [6.07, 6.45) is 1.64. The van der Waals surface area contributed by atoms with E-state index in [1.807, 2.05) is 24.3 Å². The molecule has 1 aromatic carbocycles. The van der Waals surface area contributed by atoms with Gasteiger partial charge in [0.25, 0.3) is 5.91 Å². The van der Waals surface area contributed by atoms with Gasteiger partial charge in [0, 0.05) is 15.6 Å². The first-order valence-corrected chi connectivity index (χ1v) is 10.2. The van der Waals surface area contributed by atoms with Gasteiger partial charge in [-0.25, -0.2) is 14.8 Å². The van der Waals surface area contributed by atoms with Crippen molar-refractivity contribution in [3.05, 3.63) is 63.2 Å². The third kappa shape index (κ3) is 4.74. The summed E-state index contributed by atoms with van der Waals surface area (Å²) in [7, 11) is 1.31. The molecule has 0 radical (unpaired) electrons. The fourth-order valence-corrected chi connectivity index (χ4v) is 4.18. The maximum absolute atomic E-state index is 12.7. The van der Waals surface area contributed by atoms with Gasteiger partial charge in [-0.2, -0.15) is 0 Å². The van der Waals surface area contributed by atoms with Gasteiger partial charge in [0.1, 0.15) is 9.90 Å². The zero-order valence-corrected chi connectivity index (χ0v) is 17.6. The molecule has 3 rings (SSSR count). The third-order valence-electron chi connectivity index (χ3n) is 3.43. The highest BCUT2D eigenvalue weighted by Crippen LogP contribution is 2.30. The quantitative estimate of drug-likeness (QED) is 0.547. The van der Waals surface area contributed by atoms with Crippen LogP contribution in [0.2, 0.25) is 0 Å². The molecular weight excluding hydrogens is 450 g/mol. The normalized spacial score (nSPS) is 10.5. The lowest BCUT2D eigenvalue weighted by Crippen LogP contribution is -2.13. The molecule has 27 heavy (non-hydrogen) atoms. The Bertz CT molecular complexity index is 990. The van der Waals surface area contributed by atoms with Crippen LogP contribution in [-0.2, 0) is 4.74 Å². The van der Waals surface area contributed by atoms with Crippen LogP contribution in [0, 0.1) is 6.92 Å². The minimum atomic E-state index is -0.474. The standard InChI is InChI=1S/C18H14BrN3O3S2/c1-10-14(17(24)25-2)27-18(21-10)22-15(23)13-4-3-9-20-16(13)26-12-7-5-11(19)6-8-12/h3-9H,1-2H3,(H,21,22,23). The van der Waals surface area contributed by atoms with E-state index in [-0.39, 0.29) is 5.91 Å². The zero-order valence-electron chi connectivity index (χ0n) is 14.4. The predicted molar refractivity (Wildman–Crippen MR) is 109 cm³/mol. The number of esters is 1. The summed E-state index contributed by atoms with van der Waals surface area (Å²) in [5.41, 5.74) is 0.940. The van der Waals surface area contributed by atoms with E-state index in [1.54, 1.807) is 25.3 Å². The molecule has 0 fully saturated rings. The number of carbonyl (C=O) groups excluding carboxylic acids is 2. The van der Waals surface area contributed by atoms with Crippen LogP contribution in [0.25, 0.3) is 0 Å². The first-order chi connectivity index (χ1) is 13.0. The number of nitrogens with one attached hydrogen (secondary N) is 1. The molecule has 0 saturated heterocycles. The molecule has 0 aliphatic heterocycles. The van der Waals surface area contributed by atoms with Crippen molar-refractivity contribution in [3.63, 3.8) is 0 Å². The van der Waals surface area contributed by atoms with Gasteiger partial charge in [0.2, 0.25) is 0 Å². The first-order valence-electron chi connectivity index (χ1n) is 7.73. The van der Waals surface area contributed by atoms with Crippen LogP contribution >= 0.6 is 39.0 Å². The van der Waals surface area contributed by atoms with E-state index in [9.17, 15) is 9.59 Å². The Morgan fingerprint density at radius 1 is 1.22 bits per heavy atom. The molecule has 0 unspecified atom stereocenters. The van der Waals surface area contributed by atoms with Crippen molar-refractivity contribution in [2.75, 3.05) is 12.4 Å². The average molecular weight is 464 g/mol. The van der Waals surface area contributed by atoms with E-state index >= 15 is 0 Å². The van der Waals surface area contributed by atoms with Crippen molar-refractivity contribution in [1.82, 2.24) is 9.97 Å². The lowest BCUT2D eigenvalue weighted by Gasteiger charge is -2.07. The molecule has 0 aliphatic carbocycles. The molecule has 0 spiro atoms. The molecule has 2 aromatic heterocycles. The monoisotopic (exact) mass is 463 g/mol. The Labute approximate surface area is 172 Å². The molecule has 2 heterocycles. The topological polar surface area (TPSA) is 81.2 Å². The van der Waals surface area contributed by atoms with Crippen molar-refractivity contribution < 1.29 is 14.3 Å². The molecular formula is C18H14BrN3O3S2. The van der Waals surface area contributed by atoms with Gasteiger partial charge in [-0.15, -0.1) is 0 Å². The number of benzene rings is 1. The molecule has 1 N–H and O–H groups in total. The smallest absolute Gasteiger partial charge is 0.350 e. The van der Waals surface area contributed by atoms with Crippen LogP contribution in [0.5, 0.6) is 0 Å². The number of nitrogens with zero attached hydrogens (tertiary/aromatic N) is 2. The average Bonchev–Trinajstić information content (AvgIpc) is 3.03. The number of thiazole rings is 1. The highest BCUT2D eigenvalue weighted by Gasteiger charge is 2.19. The van der Waals surface area contributed by atoms with E-state index in [2.05, 4.69) is 31.2 Å². The van der Waals surface area contributed by atoms with Crippen LogP contribution in [0.1, 0.15) is 25.7 Å². The van der Waals surface area contributed by atoms with Crippen LogP contribution in [0.4, 0.5) is 5.13 Å². The molecule has 9 heteroatoms. The summed E-state index contributed by atoms with van der Waals surface area (Å²) in [6.45, 7) is 1.69. The van der Waals surface area contributed by atoms with E-state index in [0.717, 1.165) is 20.7 Å². The Morgan fingerprint density at radius 3 is 2.67 bits per heavy atom. The highest BCUT2D eigenvalue weighted by molar-refractivity contribution is 9.10. The second-order valence-electron chi connectivity index (χ2n) is 5.29. The maximum Gasteiger partial charge on any atom is 0.350 e. The largest absolute Gasteiger partial charge is 0.465 e. The maximum atomic E-state index is 12.7. The first kappa shape index (κ1) is 19.5. The molecule has 6 nitrogen and oxygen atoms in total. The second-order valence-corrected chi connectivity index (χ2v) is 8.27. The summed E-state index contributed by atoms with van der Waals surface area (Å²) in [5, 5.41) is 3.65. The van der Waals surface area contributed by atoms with Crippen LogP contribution in [0.15, 0.2) is 57.0 Å². The van der Waals surface area contributed by atoms with Crippen molar-refractivity contribution in [1.29, 1.82) is 0 Å².